The highest BCUT2D eigenvalue weighted by Gasteiger charge is 2.35. The summed E-state index contributed by atoms with van der Waals surface area (Å²) in [6, 6.07) is 0. The smallest absolute Gasteiger partial charge is 0.165 e. The highest BCUT2D eigenvalue weighted by Crippen LogP contribution is 2.33. The van der Waals surface area contributed by atoms with E-state index in [0.717, 1.165) is 38.2 Å². The summed E-state index contributed by atoms with van der Waals surface area (Å²) in [5.74, 6) is -0.112. The van der Waals surface area contributed by atoms with Crippen LogP contribution >= 0.6 is 0 Å². The Balaban J connectivity index is 1.74. The van der Waals surface area contributed by atoms with Crippen molar-refractivity contribution in [1.82, 2.24) is 0 Å². The number of epoxide rings is 1. The van der Waals surface area contributed by atoms with Crippen molar-refractivity contribution in [3.63, 3.8) is 0 Å². The van der Waals surface area contributed by atoms with Crippen LogP contribution in [0.15, 0.2) is 0 Å². The predicted molar refractivity (Wildman–Crippen MR) is 48.3 cm³/mol. The molecule has 0 radical (unpaired) electrons. The molecule has 1 heterocycles. The molecule has 0 spiro atoms. The van der Waals surface area contributed by atoms with Crippen molar-refractivity contribution >= 4 is 0 Å². The summed E-state index contributed by atoms with van der Waals surface area (Å²) in [5.41, 5.74) is 0. The molecule has 76 valence electrons. The number of hydrogen-bond acceptors (Lipinski definition) is 3. The number of aliphatic hydroxyl groups is 1. The van der Waals surface area contributed by atoms with E-state index in [1.165, 1.54) is 0 Å². The van der Waals surface area contributed by atoms with Crippen molar-refractivity contribution in [3.05, 3.63) is 0 Å². The summed E-state index contributed by atoms with van der Waals surface area (Å²) in [6.07, 6.45) is 3.95. The van der Waals surface area contributed by atoms with E-state index >= 15 is 0 Å². The average Bonchev–Trinajstić information content (AvgIpc) is 2.91. The van der Waals surface area contributed by atoms with Gasteiger partial charge in [0.15, 0.2) is 5.79 Å². The highest BCUT2D eigenvalue weighted by atomic mass is 16.7. The van der Waals surface area contributed by atoms with Gasteiger partial charge in [0.2, 0.25) is 0 Å². The third-order valence-corrected chi connectivity index (χ3v) is 3.00. The minimum Gasteiger partial charge on any atom is -0.371 e. The Hall–Kier alpha value is -0.120. The molecular formula is C10H18O3. The molecule has 2 aliphatic rings. The molecule has 0 aromatic heterocycles. The summed E-state index contributed by atoms with van der Waals surface area (Å²) in [5, 5.41) is 9.99. The molecule has 1 atom stereocenters. The van der Waals surface area contributed by atoms with Gasteiger partial charge in [0.1, 0.15) is 6.10 Å². The van der Waals surface area contributed by atoms with Crippen LogP contribution in [0.2, 0.25) is 0 Å². The Morgan fingerprint density at radius 1 is 1.46 bits per heavy atom. The lowest BCUT2D eigenvalue weighted by atomic mass is 9.86. The SMILES string of the molecule is CC1CCC(O)(OCC2CO2)CC1. The van der Waals surface area contributed by atoms with Gasteiger partial charge < -0.3 is 14.6 Å². The van der Waals surface area contributed by atoms with Crippen LogP contribution in [0, 0.1) is 5.92 Å². The van der Waals surface area contributed by atoms with Crippen molar-refractivity contribution in [2.75, 3.05) is 13.2 Å². The molecule has 3 nitrogen and oxygen atoms in total. The van der Waals surface area contributed by atoms with E-state index in [4.69, 9.17) is 9.47 Å². The average molecular weight is 186 g/mol. The number of rotatable bonds is 3. The largest absolute Gasteiger partial charge is 0.371 e. The normalized spacial score (nSPS) is 44.8. The Morgan fingerprint density at radius 3 is 2.62 bits per heavy atom. The van der Waals surface area contributed by atoms with Gasteiger partial charge >= 0.3 is 0 Å². The fraction of sp³-hybridized carbons (Fsp3) is 1.00. The van der Waals surface area contributed by atoms with Gasteiger partial charge in [0.25, 0.3) is 0 Å². The van der Waals surface area contributed by atoms with Gasteiger partial charge in [-0.15, -0.1) is 0 Å². The maximum Gasteiger partial charge on any atom is 0.165 e. The molecule has 13 heavy (non-hydrogen) atoms. The molecule has 1 unspecified atom stereocenters. The molecule has 2 rings (SSSR count). The maximum absolute atomic E-state index is 9.99. The van der Waals surface area contributed by atoms with E-state index in [9.17, 15) is 5.11 Å². The van der Waals surface area contributed by atoms with Crippen molar-refractivity contribution < 1.29 is 14.6 Å². The predicted octanol–water partition coefficient (Wildman–Crippen LogP) is 1.30. The molecule has 3 heteroatoms. The number of ether oxygens (including phenoxy) is 2. The first-order chi connectivity index (χ1) is 6.18. The molecule has 1 aliphatic carbocycles. The lowest BCUT2D eigenvalue weighted by molar-refractivity contribution is -0.225. The van der Waals surface area contributed by atoms with Gasteiger partial charge in [-0.2, -0.15) is 0 Å². The third-order valence-electron chi connectivity index (χ3n) is 3.00. The maximum atomic E-state index is 9.99. The van der Waals surface area contributed by atoms with Gasteiger partial charge in [0.05, 0.1) is 13.2 Å². The molecule has 0 amide bonds. The van der Waals surface area contributed by atoms with E-state index in [2.05, 4.69) is 6.92 Å². The van der Waals surface area contributed by atoms with Crippen molar-refractivity contribution in [2.45, 2.75) is 44.5 Å². The molecule has 1 saturated heterocycles. The summed E-state index contributed by atoms with van der Waals surface area (Å²) in [7, 11) is 0. The van der Waals surface area contributed by atoms with Gasteiger partial charge in [-0.3, -0.25) is 0 Å². The summed E-state index contributed by atoms with van der Waals surface area (Å²) in [6.45, 7) is 3.58. The van der Waals surface area contributed by atoms with E-state index in [1.807, 2.05) is 0 Å². The Labute approximate surface area is 79.0 Å². The quantitative estimate of drug-likeness (QED) is 0.533. The minimum absolute atomic E-state index is 0.253. The zero-order valence-electron chi connectivity index (χ0n) is 8.16. The van der Waals surface area contributed by atoms with Crippen LogP contribution in [0.25, 0.3) is 0 Å². The lowest BCUT2D eigenvalue weighted by Gasteiger charge is -2.34. The second kappa shape index (κ2) is 3.56. The monoisotopic (exact) mass is 186 g/mol. The molecule has 0 bridgehead atoms. The van der Waals surface area contributed by atoms with Crippen LogP contribution < -0.4 is 0 Å². The Morgan fingerprint density at radius 2 is 2.08 bits per heavy atom. The van der Waals surface area contributed by atoms with Crippen LogP contribution in [-0.4, -0.2) is 30.2 Å². The second-order valence-corrected chi connectivity index (χ2v) is 4.40. The van der Waals surface area contributed by atoms with Crippen molar-refractivity contribution in [3.8, 4) is 0 Å². The van der Waals surface area contributed by atoms with Crippen molar-refractivity contribution in [2.24, 2.45) is 5.92 Å². The molecule has 2 fully saturated rings. The first kappa shape index (κ1) is 9.44. The van der Waals surface area contributed by atoms with Crippen LogP contribution in [0.4, 0.5) is 0 Å². The molecular weight excluding hydrogens is 168 g/mol. The highest BCUT2D eigenvalue weighted by molar-refractivity contribution is 4.78. The van der Waals surface area contributed by atoms with E-state index in [0.29, 0.717) is 6.61 Å². The van der Waals surface area contributed by atoms with E-state index in [-0.39, 0.29) is 6.10 Å². The van der Waals surface area contributed by atoms with Crippen LogP contribution in [-0.2, 0) is 9.47 Å². The summed E-state index contributed by atoms with van der Waals surface area (Å²) >= 11 is 0. The molecule has 0 aromatic rings. The topological polar surface area (TPSA) is 42.0 Å². The number of hydrogen-bond donors (Lipinski definition) is 1. The van der Waals surface area contributed by atoms with Crippen LogP contribution in [0.1, 0.15) is 32.6 Å². The van der Waals surface area contributed by atoms with Crippen molar-refractivity contribution in [1.29, 1.82) is 0 Å². The minimum atomic E-state index is -0.849. The van der Waals surface area contributed by atoms with E-state index in [1.54, 1.807) is 0 Å². The first-order valence-corrected chi connectivity index (χ1v) is 5.16. The lowest BCUT2D eigenvalue weighted by Crippen LogP contribution is -2.37. The van der Waals surface area contributed by atoms with Crippen LogP contribution in [0.3, 0.4) is 0 Å². The van der Waals surface area contributed by atoms with Crippen LogP contribution in [0.5, 0.6) is 0 Å². The second-order valence-electron chi connectivity index (χ2n) is 4.40. The van der Waals surface area contributed by atoms with Gasteiger partial charge in [0, 0.05) is 12.8 Å². The third kappa shape index (κ3) is 2.66. The standard InChI is InChI=1S/C10H18O3/c1-8-2-4-10(11,5-3-8)13-7-9-6-12-9/h8-9,11H,2-7H2,1H3. The summed E-state index contributed by atoms with van der Waals surface area (Å²) < 4.78 is 10.5. The molecule has 1 saturated carbocycles. The Bertz CT molecular complexity index is 169. The molecule has 0 aromatic carbocycles. The fourth-order valence-electron chi connectivity index (χ4n) is 1.77. The van der Waals surface area contributed by atoms with E-state index < -0.39 is 5.79 Å². The van der Waals surface area contributed by atoms with Gasteiger partial charge in [-0.05, 0) is 18.8 Å². The molecule has 1 N–H and O–H groups in total. The molecule has 1 aliphatic heterocycles. The van der Waals surface area contributed by atoms with Gasteiger partial charge in [-0.1, -0.05) is 6.92 Å². The summed E-state index contributed by atoms with van der Waals surface area (Å²) in [4.78, 5) is 0. The van der Waals surface area contributed by atoms with Gasteiger partial charge in [-0.25, -0.2) is 0 Å². The Kier molecular flexibility index (Phi) is 2.58. The zero-order valence-corrected chi connectivity index (χ0v) is 8.16. The first-order valence-electron chi connectivity index (χ1n) is 5.16. The fourth-order valence-corrected chi connectivity index (χ4v) is 1.77. The zero-order chi connectivity index (χ0) is 9.31.